The first-order valence-corrected chi connectivity index (χ1v) is 7.39. The van der Waals surface area contributed by atoms with Gasteiger partial charge >= 0.3 is 0 Å². The minimum Gasteiger partial charge on any atom is -0.293 e. The summed E-state index contributed by atoms with van der Waals surface area (Å²) in [6, 6.07) is 18.5. The first-order chi connectivity index (χ1) is 10.0. The first-order valence-electron chi connectivity index (χ1n) is 7.39. The van der Waals surface area contributed by atoms with Crippen molar-refractivity contribution < 1.29 is 4.79 Å². The monoisotopic (exact) mass is 276 g/mol. The summed E-state index contributed by atoms with van der Waals surface area (Å²) in [4.78, 5) is 12.7. The van der Waals surface area contributed by atoms with Crippen LogP contribution in [-0.4, -0.2) is 5.78 Å². The second-order valence-corrected chi connectivity index (χ2v) is 6.19. The summed E-state index contributed by atoms with van der Waals surface area (Å²) in [5.74, 6) is 0.271. The number of Topliss-reactive ketones (excluding diaryl/α,β-unsaturated/α-hetero) is 1. The summed E-state index contributed by atoms with van der Waals surface area (Å²) < 4.78 is 0. The number of hydrogen-bond acceptors (Lipinski definition) is 1. The Morgan fingerprint density at radius 2 is 1.52 bits per heavy atom. The third-order valence-corrected chi connectivity index (χ3v) is 4.67. The van der Waals surface area contributed by atoms with Crippen molar-refractivity contribution in [3.63, 3.8) is 0 Å². The van der Waals surface area contributed by atoms with Crippen LogP contribution < -0.4 is 0 Å². The van der Waals surface area contributed by atoms with Gasteiger partial charge in [-0.2, -0.15) is 0 Å². The summed E-state index contributed by atoms with van der Waals surface area (Å²) in [5.41, 5.74) is 5.26. The number of hydrogen-bond donors (Lipinski definition) is 0. The molecule has 0 saturated heterocycles. The Balaban J connectivity index is 1.93. The van der Waals surface area contributed by atoms with Gasteiger partial charge in [0, 0.05) is 5.57 Å². The van der Waals surface area contributed by atoms with Crippen LogP contribution in [0.5, 0.6) is 0 Å². The molecule has 0 aliphatic heterocycles. The maximum atomic E-state index is 12.7. The molecule has 106 valence electrons. The Morgan fingerprint density at radius 3 is 2.10 bits per heavy atom. The van der Waals surface area contributed by atoms with Crippen molar-refractivity contribution >= 4 is 11.4 Å². The molecule has 1 unspecified atom stereocenters. The van der Waals surface area contributed by atoms with Crippen molar-refractivity contribution in [2.45, 2.75) is 27.2 Å². The van der Waals surface area contributed by atoms with Crippen molar-refractivity contribution in [3.05, 3.63) is 76.9 Å². The average molecular weight is 276 g/mol. The summed E-state index contributed by atoms with van der Waals surface area (Å²) in [7, 11) is 0. The number of ketones is 1. The maximum absolute atomic E-state index is 12.7. The van der Waals surface area contributed by atoms with Crippen molar-refractivity contribution in [1.82, 2.24) is 0 Å². The number of carbonyl (C=O) groups is 1. The van der Waals surface area contributed by atoms with Crippen molar-refractivity contribution in [1.29, 1.82) is 0 Å². The van der Waals surface area contributed by atoms with Crippen molar-refractivity contribution in [3.8, 4) is 0 Å². The Morgan fingerprint density at radius 1 is 0.905 bits per heavy atom. The lowest BCUT2D eigenvalue weighted by Gasteiger charge is -2.40. The van der Waals surface area contributed by atoms with Gasteiger partial charge in [-0.15, -0.1) is 0 Å². The molecular weight excluding hydrogens is 256 g/mol. The number of aryl methyl sites for hydroxylation is 1. The Labute approximate surface area is 126 Å². The van der Waals surface area contributed by atoms with E-state index in [9.17, 15) is 4.79 Å². The smallest absolute Gasteiger partial charge is 0.173 e. The lowest BCUT2D eigenvalue weighted by atomic mass is 9.60. The molecule has 0 spiro atoms. The second-order valence-electron chi connectivity index (χ2n) is 6.19. The average Bonchev–Trinajstić information content (AvgIpc) is 2.50. The molecule has 0 N–H and O–H groups in total. The van der Waals surface area contributed by atoms with Crippen LogP contribution in [0.25, 0.3) is 5.57 Å². The number of carbonyl (C=O) groups excluding carboxylic acids is 1. The molecule has 0 heterocycles. The number of benzene rings is 2. The summed E-state index contributed by atoms with van der Waals surface area (Å²) in [5, 5.41) is 0. The van der Waals surface area contributed by atoms with Gasteiger partial charge in [0.2, 0.25) is 0 Å². The normalized spacial score (nSPS) is 21.4. The Kier molecular flexibility index (Phi) is 3.29. The molecule has 21 heavy (non-hydrogen) atoms. The molecule has 1 aliphatic rings. The molecule has 1 atom stereocenters. The van der Waals surface area contributed by atoms with Gasteiger partial charge in [-0.1, -0.05) is 60.2 Å². The summed E-state index contributed by atoms with van der Waals surface area (Å²) in [6.07, 6.45) is 0.786. The fourth-order valence-corrected chi connectivity index (χ4v) is 3.11. The van der Waals surface area contributed by atoms with Crippen LogP contribution in [0.2, 0.25) is 0 Å². The van der Waals surface area contributed by atoms with E-state index in [4.69, 9.17) is 0 Å². The van der Waals surface area contributed by atoms with E-state index in [1.54, 1.807) is 0 Å². The van der Waals surface area contributed by atoms with Gasteiger partial charge in [0.05, 0.1) is 5.41 Å². The molecule has 0 fully saturated rings. The van der Waals surface area contributed by atoms with Gasteiger partial charge in [0.1, 0.15) is 0 Å². The SMILES string of the molecule is CC1=C(c2ccc(C)cc2)C(=O)C1(C)Cc1ccccc1. The minimum absolute atomic E-state index is 0.271. The molecule has 0 amide bonds. The largest absolute Gasteiger partial charge is 0.293 e. The van der Waals surface area contributed by atoms with E-state index >= 15 is 0 Å². The quantitative estimate of drug-likeness (QED) is 0.800. The summed E-state index contributed by atoms with van der Waals surface area (Å²) >= 11 is 0. The third kappa shape index (κ3) is 2.23. The molecule has 0 saturated carbocycles. The Bertz CT molecular complexity index is 707. The molecule has 0 bridgehead atoms. The van der Waals surface area contributed by atoms with Gasteiger partial charge in [0.25, 0.3) is 0 Å². The molecule has 1 nitrogen and oxygen atoms in total. The van der Waals surface area contributed by atoms with E-state index in [1.807, 2.05) is 30.3 Å². The van der Waals surface area contributed by atoms with Gasteiger partial charge in [0.15, 0.2) is 5.78 Å². The predicted octanol–water partition coefficient (Wildman–Crippen LogP) is 4.60. The fourth-order valence-electron chi connectivity index (χ4n) is 3.11. The van der Waals surface area contributed by atoms with E-state index in [1.165, 1.54) is 16.7 Å². The van der Waals surface area contributed by atoms with Crippen molar-refractivity contribution in [2.75, 3.05) is 0 Å². The second kappa shape index (κ2) is 5.00. The van der Waals surface area contributed by atoms with E-state index in [-0.39, 0.29) is 11.2 Å². The molecule has 1 aliphatic carbocycles. The minimum atomic E-state index is -0.346. The van der Waals surface area contributed by atoms with E-state index in [0.717, 1.165) is 17.6 Å². The van der Waals surface area contributed by atoms with Crippen LogP contribution in [0.1, 0.15) is 30.5 Å². The van der Waals surface area contributed by atoms with E-state index < -0.39 is 0 Å². The highest BCUT2D eigenvalue weighted by atomic mass is 16.1. The van der Waals surface area contributed by atoms with Gasteiger partial charge in [-0.3, -0.25) is 4.79 Å². The lowest BCUT2D eigenvalue weighted by Crippen LogP contribution is -2.41. The molecule has 0 aromatic heterocycles. The zero-order valence-electron chi connectivity index (χ0n) is 12.8. The summed E-state index contributed by atoms with van der Waals surface area (Å²) in [6.45, 7) is 6.22. The van der Waals surface area contributed by atoms with Crippen LogP contribution >= 0.6 is 0 Å². The molecule has 2 aromatic rings. The van der Waals surface area contributed by atoms with Gasteiger partial charge in [-0.25, -0.2) is 0 Å². The van der Waals surface area contributed by atoms with Crippen LogP contribution in [0.3, 0.4) is 0 Å². The van der Waals surface area contributed by atoms with Crippen molar-refractivity contribution in [2.24, 2.45) is 5.41 Å². The topological polar surface area (TPSA) is 17.1 Å². The Hall–Kier alpha value is -2.15. The first kappa shape index (κ1) is 13.8. The highest BCUT2D eigenvalue weighted by Gasteiger charge is 2.47. The molecule has 1 heteroatoms. The lowest BCUT2D eigenvalue weighted by molar-refractivity contribution is -0.122. The van der Waals surface area contributed by atoms with Gasteiger partial charge < -0.3 is 0 Å². The van der Waals surface area contributed by atoms with Crippen LogP contribution in [-0.2, 0) is 11.2 Å². The molecular formula is C20H20O. The zero-order chi connectivity index (χ0) is 15.0. The highest BCUT2D eigenvalue weighted by Crippen LogP contribution is 2.49. The van der Waals surface area contributed by atoms with E-state index in [0.29, 0.717) is 0 Å². The number of rotatable bonds is 3. The maximum Gasteiger partial charge on any atom is 0.173 e. The van der Waals surface area contributed by atoms with Crippen LogP contribution in [0.15, 0.2) is 60.2 Å². The zero-order valence-corrected chi connectivity index (χ0v) is 12.8. The standard InChI is InChI=1S/C20H20O/c1-14-9-11-17(12-10-14)18-15(2)20(3,19(18)21)13-16-7-5-4-6-8-16/h4-12H,13H2,1-3H3. The molecule has 0 radical (unpaired) electrons. The van der Waals surface area contributed by atoms with E-state index in [2.05, 4.69) is 45.0 Å². The highest BCUT2D eigenvalue weighted by molar-refractivity contribution is 6.32. The molecule has 2 aromatic carbocycles. The number of allylic oxidation sites excluding steroid dienone is 2. The predicted molar refractivity (Wildman–Crippen MR) is 87.0 cm³/mol. The van der Waals surface area contributed by atoms with Crippen LogP contribution in [0.4, 0.5) is 0 Å². The third-order valence-electron chi connectivity index (χ3n) is 4.67. The fraction of sp³-hybridized carbons (Fsp3) is 0.250. The van der Waals surface area contributed by atoms with Crippen LogP contribution in [0, 0.1) is 12.3 Å². The molecule has 3 rings (SSSR count). The van der Waals surface area contributed by atoms with Gasteiger partial charge in [-0.05, 0) is 43.9 Å².